The summed E-state index contributed by atoms with van der Waals surface area (Å²) in [6, 6.07) is 9.59. The summed E-state index contributed by atoms with van der Waals surface area (Å²) < 4.78 is 5.00. The SMILES string of the molecule is COc1ccc(O)c(NC(=O)Nc2cccc(C(=O)O)c2)c1. The second-order valence-electron chi connectivity index (χ2n) is 4.35. The van der Waals surface area contributed by atoms with Crippen molar-refractivity contribution in [3.63, 3.8) is 0 Å². The van der Waals surface area contributed by atoms with Crippen molar-refractivity contribution in [3.05, 3.63) is 48.0 Å². The molecule has 0 radical (unpaired) electrons. The number of rotatable bonds is 4. The lowest BCUT2D eigenvalue weighted by Gasteiger charge is -2.10. The summed E-state index contributed by atoms with van der Waals surface area (Å²) in [6.07, 6.45) is 0. The molecule has 4 N–H and O–H groups in total. The van der Waals surface area contributed by atoms with Gasteiger partial charge >= 0.3 is 12.0 Å². The van der Waals surface area contributed by atoms with Gasteiger partial charge in [-0.25, -0.2) is 9.59 Å². The maximum atomic E-state index is 11.9. The number of amides is 2. The number of phenolic OH excluding ortho intramolecular Hbond substituents is 1. The average Bonchev–Trinajstić information content (AvgIpc) is 2.49. The zero-order chi connectivity index (χ0) is 16.1. The molecule has 22 heavy (non-hydrogen) atoms. The van der Waals surface area contributed by atoms with Crippen molar-refractivity contribution in [3.8, 4) is 11.5 Å². The van der Waals surface area contributed by atoms with Crippen LogP contribution in [0.25, 0.3) is 0 Å². The Labute approximate surface area is 126 Å². The van der Waals surface area contributed by atoms with Crippen LogP contribution in [0.5, 0.6) is 11.5 Å². The summed E-state index contributed by atoms with van der Waals surface area (Å²) in [5, 5.41) is 23.5. The summed E-state index contributed by atoms with van der Waals surface area (Å²) >= 11 is 0. The fraction of sp³-hybridized carbons (Fsp3) is 0.0667. The summed E-state index contributed by atoms with van der Waals surface area (Å²) in [4.78, 5) is 22.8. The van der Waals surface area contributed by atoms with E-state index in [9.17, 15) is 14.7 Å². The van der Waals surface area contributed by atoms with Crippen molar-refractivity contribution >= 4 is 23.4 Å². The summed E-state index contributed by atoms with van der Waals surface area (Å²) in [5.41, 5.74) is 0.549. The highest BCUT2D eigenvalue weighted by Gasteiger charge is 2.09. The van der Waals surface area contributed by atoms with Crippen LogP contribution in [0.3, 0.4) is 0 Å². The average molecular weight is 302 g/mol. The molecule has 0 aliphatic rings. The Morgan fingerprint density at radius 2 is 1.86 bits per heavy atom. The van der Waals surface area contributed by atoms with Crippen molar-refractivity contribution in [1.29, 1.82) is 0 Å². The molecule has 0 aromatic heterocycles. The van der Waals surface area contributed by atoms with Crippen LogP contribution in [0.15, 0.2) is 42.5 Å². The predicted octanol–water partition coefficient (Wildman–Crippen LogP) is 2.74. The van der Waals surface area contributed by atoms with Crippen LogP contribution in [0, 0.1) is 0 Å². The number of benzene rings is 2. The smallest absolute Gasteiger partial charge is 0.335 e. The number of urea groups is 1. The number of ether oxygens (including phenoxy) is 1. The van der Waals surface area contributed by atoms with Crippen molar-refractivity contribution in [2.75, 3.05) is 17.7 Å². The van der Waals surface area contributed by atoms with Gasteiger partial charge in [-0.2, -0.15) is 0 Å². The normalized spacial score (nSPS) is 9.86. The highest BCUT2D eigenvalue weighted by molar-refractivity contribution is 6.01. The van der Waals surface area contributed by atoms with E-state index in [1.165, 1.54) is 37.4 Å². The zero-order valence-corrected chi connectivity index (χ0v) is 11.7. The molecule has 7 nitrogen and oxygen atoms in total. The Morgan fingerprint density at radius 3 is 2.55 bits per heavy atom. The van der Waals surface area contributed by atoms with Gasteiger partial charge in [0.25, 0.3) is 0 Å². The Kier molecular flexibility index (Phi) is 4.47. The Morgan fingerprint density at radius 1 is 1.09 bits per heavy atom. The lowest BCUT2D eigenvalue weighted by molar-refractivity contribution is 0.0697. The number of nitrogens with one attached hydrogen (secondary N) is 2. The lowest BCUT2D eigenvalue weighted by Crippen LogP contribution is -2.19. The summed E-state index contributed by atoms with van der Waals surface area (Å²) in [6.45, 7) is 0. The maximum absolute atomic E-state index is 11.9. The summed E-state index contributed by atoms with van der Waals surface area (Å²) in [5.74, 6) is -0.731. The van der Waals surface area contributed by atoms with Crippen LogP contribution >= 0.6 is 0 Å². The van der Waals surface area contributed by atoms with E-state index < -0.39 is 12.0 Å². The molecule has 0 spiro atoms. The Hall–Kier alpha value is -3.22. The monoisotopic (exact) mass is 302 g/mol. The molecule has 2 rings (SSSR count). The second kappa shape index (κ2) is 6.49. The Bertz CT molecular complexity index is 715. The molecule has 0 fully saturated rings. The number of carbonyl (C=O) groups excluding carboxylic acids is 1. The van der Waals surface area contributed by atoms with E-state index in [2.05, 4.69) is 10.6 Å². The quantitative estimate of drug-likeness (QED) is 0.649. The molecular formula is C15H14N2O5. The van der Waals surface area contributed by atoms with Crippen molar-refractivity contribution in [1.82, 2.24) is 0 Å². The molecule has 0 bridgehead atoms. The molecule has 0 aliphatic heterocycles. The van der Waals surface area contributed by atoms with Gasteiger partial charge in [0.15, 0.2) is 0 Å². The van der Waals surface area contributed by atoms with Crippen LogP contribution in [-0.2, 0) is 0 Å². The molecule has 114 valence electrons. The van der Waals surface area contributed by atoms with Gasteiger partial charge in [0.05, 0.1) is 18.4 Å². The predicted molar refractivity (Wildman–Crippen MR) is 80.7 cm³/mol. The van der Waals surface area contributed by atoms with E-state index >= 15 is 0 Å². The molecule has 0 atom stereocenters. The first-order chi connectivity index (χ1) is 10.5. The molecule has 2 aromatic carbocycles. The molecule has 2 amide bonds. The van der Waals surface area contributed by atoms with Gasteiger partial charge < -0.3 is 25.6 Å². The number of hydrogen-bond donors (Lipinski definition) is 4. The van der Waals surface area contributed by atoms with Gasteiger partial charge in [0.2, 0.25) is 0 Å². The number of aromatic hydroxyl groups is 1. The Balaban J connectivity index is 2.10. The number of hydrogen-bond acceptors (Lipinski definition) is 4. The van der Waals surface area contributed by atoms with E-state index in [1.54, 1.807) is 12.1 Å². The lowest BCUT2D eigenvalue weighted by atomic mass is 10.2. The third-order valence-electron chi connectivity index (χ3n) is 2.82. The second-order valence-corrected chi connectivity index (χ2v) is 4.35. The van der Waals surface area contributed by atoms with E-state index in [0.29, 0.717) is 11.4 Å². The standard InChI is InChI=1S/C15H14N2O5/c1-22-11-5-6-13(18)12(8-11)17-15(21)16-10-4-2-3-9(7-10)14(19)20/h2-8,18H,1H3,(H,19,20)(H2,16,17,21). The minimum atomic E-state index is -1.09. The van der Waals surface area contributed by atoms with Crippen LogP contribution in [-0.4, -0.2) is 29.3 Å². The third kappa shape index (κ3) is 3.66. The molecule has 0 unspecified atom stereocenters. The molecule has 0 saturated carbocycles. The number of phenols is 1. The fourth-order valence-corrected chi connectivity index (χ4v) is 1.76. The van der Waals surface area contributed by atoms with Crippen LogP contribution in [0.1, 0.15) is 10.4 Å². The van der Waals surface area contributed by atoms with Crippen LogP contribution < -0.4 is 15.4 Å². The fourth-order valence-electron chi connectivity index (χ4n) is 1.76. The topological polar surface area (TPSA) is 108 Å². The minimum absolute atomic E-state index is 0.0574. The maximum Gasteiger partial charge on any atom is 0.335 e. The molecule has 0 saturated heterocycles. The van der Waals surface area contributed by atoms with Gasteiger partial charge in [0, 0.05) is 11.8 Å². The largest absolute Gasteiger partial charge is 0.506 e. The number of carboxylic acid groups (broad SMARTS) is 1. The first-order valence-electron chi connectivity index (χ1n) is 6.28. The first-order valence-corrected chi connectivity index (χ1v) is 6.28. The zero-order valence-electron chi connectivity index (χ0n) is 11.7. The van der Waals surface area contributed by atoms with Gasteiger partial charge in [0.1, 0.15) is 11.5 Å². The summed E-state index contributed by atoms with van der Waals surface area (Å²) in [7, 11) is 1.47. The van der Waals surface area contributed by atoms with E-state index in [-0.39, 0.29) is 17.0 Å². The van der Waals surface area contributed by atoms with E-state index in [4.69, 9.17) is 9.84 Å². The van der Waals surface area contributed by atoms with Gasteiger partial charge in [-0.15, -0.1) is 0 Å². The van der Waals surface area contributed by atoms with Crippen molar-refractivity contribution in [2.24, 2.45) is 0 Å². The highest BCUT2D eigenvalue weighted by atomic mass is 16.5. The number of carboxylic acids is 1. The number of carbonyl (C=O) groups is 2. The molecule has 0 heterocycles. The first kappa shape index (κ1) is 15.2. The van der Waals surface area contributed by atoms with Crippen molar-refractivity contribution in [2.45, 2.75) is 0 Å². The molecule has 0 aliphatic carbocycles. The van der Waals surface area contributed by atoms with E-state index in [1.807, 2.05) is 0 Å². The number of aromatic carboxylic acids is 1. The third-order valence-corrected chi connectivity index (χ3v) is 2.82. The number of methoxy groups -OCH3 is 1. The van der Waals surface area contributed by atoms with Gasteiger partial charge in [-0.1, -0.05) is 6.07 Å². The molecule has 7 heteroatoms. The number of anilines is 2. The highest BCUT2D eigenvalue weighted by Crippen LogP contribution is 2.27. The van der Waals surface area contributed by atoms with Gasteiger partial charge in [-0.05, 0) is 30.3 Å². The van der Waals surface area contributed by atoms with Crippen LogP contribution in [0.2, 0.25) is 0 Å². The van der Waals surface area contributed by atoms with Gasteiger partial charge in [-0.3, -0.25) is 0 Å². The minimum Gasteiger partial charge on any atom is -0.506 e. The molecular weight excluding hydrogens is 288 g/mol. The molecule has 2 aromatic rings. The van der Waals surface area contributed by atoms with E-state index in [0.717, 1.165) is 0 Å². The van der Waals surface area contributed by atoms with Crippen molar-refractivity contribution < 1.29 is 24.5 Å². The van der Waals surface area contributed by atoms with Crippen LogP contribution in [0.4, 0.5) is 16.2 Å².